The van der Waals surface area contributed by atoms with E-state index in [2.05, 4.69) is 31.0 Å². The Morgan fingerprint density at radius 3 is 2.78 bits per heavy atom. The highest BCUT2D eigenvalue weighted by Crippen LogP contribution is 2.24. The minimum atomic E-state index is -0.206. The molecular formula is C14H30N2O2. The van der Waals surface area contributed by atoms with Crippen molar-refractivity contribution in [3.8, 4) is 0 Å². The molecule has 0 bridgehead atoms. The summed E-state index contributed by atoms with van der Waals surface area (Å²) in [4.78, 5) is 2.41. The molecule has 108 valence electrons. The number of nitrogens with one attached hydrogen (secondary N) is 1. The van der Waals surface area contributed by atoms with E-state index in [1.54, 1.807) is 7.11 Å². The molecule has 4 nitrogen and oxygen atoms in total. The fourth-order valence-corrected chi connectivity index (χ4v) is 2.69. The Labute approximate surface area is 112 Å². The molecule has 0 saturated carbocycles. The molecule has 1 fully saturated rings. The van der Waals surface area contributed by atoms with Crippen LogP contribution in [0.1, 0.15) is 40.0 Å². The summed E-state index contributed by atoms with van der Waals surface area (Å²) >= 11 is 0. The lowest BCUT2D eigenvalue weighted by molar-refractivity contribution is -0.0576. The van der Waals surface area contributed by atoms with Crippen LogP contribution in [-0.4, -0.2) is 61.0 Å². The number of hydrogen-bond donors (Lipinski definition) is 2. The molecule has 0 aromatic rings. The molecule has 0 aliphatic carbocycles. The molecule has 1 aliphatic heterocycles. The van der Waals surface area contributed by atoms with Crippen molar-refractivity contribution in [2.24, 2.45) is 0 Å². The number of nitrogens with zero attached hydrogens (tertiary/aromatic N) is 1. The Morgan fingerprint density at radius 2 is 2.22 bits per heavy atom. The number of rotatable bonds is 7. The van der Waals surface area contributed by atoms with Crippen molar-refractivity contribution in [3.63, 3.8) is 0 Å². The van der Waals surface area contributed by atoms with Crippen LogP contribution in [0, 0.1) is 0 Å². The SMILES string of the molecule is CCCNC(C)(CO)CN1CCCC(C)(OC)C1. The van der Waals surface area contributed by atoms with Gasteiger partial charge in [0.15, 0.2) is 0 Å². The van der Waals surface area contributed by atoms with E-state index in [0.29, 0.717) is 0 Å². The quantitative estimate of drug-likeness (QED) is 0.721. The average Bonchev–Trinajstić information content (AvgIpc) is 2.36. The maximum Gasteiger partial charge on any atom is 0.0777 e. The van der Waals surface area contributed by atoms with Gasteiger partial charge in [-0.05, 0) is 46.2 Å². The molecule has 2 N–H and O–H groups in total. The van der Waals surface area contributed by atoms with Gasteiger partial charge in [0.05, 0.1) is 17.7 Å². The number of aliphatic hydroxyl groups is 1. The molecule has 18 heavy (non-hydrogen) atoms. The Kier molecular flexibility index (Phi) is 6.05. The van der Waals surface area contributed by atoms with E-state index in [1.165, 1.54) is 6.42 Å². The van der Waals surface area contributed by atoms with Gasteiger partial charge >= 0.3 is 0 Å². The molecule has 1 saturated heterocycles. The van der Waals surface area contributed by atoms with Gasteiger partial charge in [-0.3, -0.25) is 4.90 Å². The molecule has 1 aliphatic rings. The van der Waals surface area contributed by atoms with E-state index in [9.17, 15) is 5.11 Å². The molecule has 0 aromatic carbocycles. The second kappa shape index (κ2) is 6.85. The van der Waals surface area contributed by atoms with Gasteiger partial charge in [0.1, 0.15) is 0 Å². The average molecular weight is 258 g/mol. The van der Waals surface area contributed by atoms with Crippen LogP contribution in [0.25, 0.3) is 0 Å². The fraction of sp³-hybridized carbons (Fsp3) is 1.00. The predicted molar refractivity (Wildman–Crippen MR) is 74.9 cm³/mol. The summed E-state index contributed by atoms with van der Waals surface area (Å²) in [5, 5.41) is 13.1. The summed E-state index contributed by atoms with van der Waals surface area (Å²) in [5.74, 6) is 0. The third kappa shape index (κ3) is 4.50. The van der Waals surface area contributed by atoms with E-state index >= 15 is 0 Å². The van der Waals surface area contributed by atoms with Crippen LogP contribution in [-0.2, 0) is 4.74 Å². The Bertz CT molecular complexity index is 250. The zero-order valence-electron chi connectivity index (χ0n) is 12.5. The summed E-state index contributed by atoms with van der Waals surface area (Å²) in [6.45, 7) is 10.5. The van der Waals surface area contributed by atoms with E-state index in [-0.39, 0.29) is 17.7 Å². The van der Waals surface area contributed by atoms with Gasteiger partial charge in [0.25, 0.3) is 0 Å². The summed E-state index contributed by atoms with van der Waals surface area (Å²) in [6, 6.07) is 0. The van der Waals surface area contributed by atoms with E-state index in [0.717, 1.165) is 39.0 Å². The van der Waals surface area contributed by atoms with Gasteiger partial charge in [0, 0.05) is 20.2 Å². The van der Waals surface area contributed by atoms with Crippen LogP contribution < -0.4 is 5.32 Å². The van der Waals surface area contributed by atoms with Crippen LogP contribution in [0.3, 0.4) is 0 Å². The van der Waals surface area contributed by atoms with Crippen molar-refractivity contribution in [1.29, 1.82) is 0 Å². The van der Waals surface area contributed by atoms with Crippen molar-refractivity contribution >= 4 is 0 Å². The second-order valence-corrected chi connectivity index (χ2v) is 6.11. The Morgan fingerprint density at radius 1 is 1.50 bits per heavy atom. The minimum absolute atomic E-state index is 0.0284. The molecule has 4 heteroatoms. The van der Waals surface area contributed by atoms with Gasteiger partial charge in [-0.15, -0.1) is 0 Å². The molecule has 2 unspecified atom stereocenters. The lowest BCUT2D eigenvalue weighted by Gasteiger charge is -2.43. The maximum absolute atomic E-state index is 9.61. The fourth-order valence-electron chi connectivity index (χ4n) is 2.69. The minimum Gasteiger partial charge on any atom is -0.394 e. The van der Waals surface area contributed by atoms with Crippen LogP contribution in [0.15, 0.2) is 0 Å². The first-order valence-corrected chi connectivity index (χ1v) is 7.10. The largest absolute Gasteiger partial charge is 0.394 e. The summed E-state index contributed by atoms with van der Waals surface area (Å²) < 4.78 is 5.61. The molecular weight excluding hydrogens is 228 g/mol. The smallest absolute Gasteiger partial charge is 0.0777 e. The van der Waals surface area contributed by atoms with Gasteiger partial charge < -0.3 is 15.2 Å². The zero-order valence-corrected chi connectivity index (χ0v) is 12.5. The van der Waals surface area contributed by atoms with Gasteiger partial charge in [-0.2, -0.15) is 0 Å². The van der Waals surface area contributed by atoms with E-state index in [4.69, 9.17) is 4.74 Å². The number of piperidine rings is 1. The number of hydrogen-bond acceptors (Lipinski definition) is 4. The number of aliphatic hydroxyl groups excluding tert-OH is 1. The highest BCUT2D eigenvalue weighted by Gasteiger charge is 2.34. The standard InChI is InChI=1S/C14H30N2O2/c1-5-8-15-13(2,12-17)10-16-9-6-7-14(3,11-16)18-4/h15,17H,5-12H2,1-4H3. The van der Waals surface area contributed by atoms with E-state index in [1.807, 2.05) is 0 Å². The Balaban J connectivity index is 2.53. The zero-order chi connectivity index (χ0) is 13.6. The maximum atomic E-state index is 9.61. The van der Waals surface area contributed by atoms with Crippen molar-refractivity contribution in [2.75, 3.05) is 39.9 Å². The predicted octanol–water partition coefficient (Wildman–Crippen LogP) is 1.24. The first kappa shape index (κ1) is 15.9. The first-order chi connectivity index (χ1) is 8.47. The summed E-state index contributed by atoms with van der Waals surface area (Å²) in [7, 11) is 1.80. The molecule has 1 heterocycles. The normalized spacial score (nSPS) is 29.2. The van der Waals surface area contributed by atoms with Crippen molar-refractivity contribution in [2.45, 2.75) is 51.2 Å². The first-order valence-electron chi connectivity index (χ1n) is 7.10. The number of ether oxygens (including phenoxy) is 1. The molecule has 1 rings (SSSR count). The van der Waals surface area contributed by atoms with Crippen molar-refractivity contribution < 1.29 is 9.84 Å². The molecule has 0 aromatic heterocycles. The second-order valence-electron chi connectivity index (χ2n) is 6.11. The third-order valence-corrected chi connectivity index (χ3v) is 3.95. The summed E-state index contributed by atoms with van der Waals surface area (Å²) in [6.07, 6.45) is 3.38. The van der Waals surface area contributed by atoms with E-state index < -0.39 is 0 Å². The van der Waals surface area contributed by atoms with Crippen molar-refractivity contribution in [3.05, 3.63) is 0 Å². The topological polar surface area (TPSA) is 44.7 Å². The number of methoxy groups -OCH3 is 1. The molecule has 0 amide bonds. The van der Waals surface area contributed by atoms with Crippen LogP contribution in [0.5, 0.6) is 0 Å². The lowest BCUT2D eigenvalue weighted by Crippen LogP contribution is -2.58. The van der Waals surface area contributed by atoms with Gasteiger partial charge in [0.2, 0.25) is 0 Å². The number of likely N-dealkylation sites (tertiary alicyclic amines) is 1. The van der Waals surface area contributed by atoms with Gasteiger partial charge in [-0.25, -0.2) is 0 Å². The highest BCUT2D eigenvalue weighted by atomic mass is 16.5. The van der Waals surface area contributed by atoms with Gasteiger partial charge in [-0.1, -0.05) is 6.92 Å². The van der Waals surface area contributed by atoms with Crippen LogP contribution in [0.2, 0.25) is 0 Å². The van der Waals surface area contributed by atoms with Crippen molar-refractivity contribution in [1.82, 2.24) is 10.2 Å². The molecule has 0 radical (unpaired) electrons. The lowest BCUT2D eigenvalue weighted by atomic mass is 9.92. The monoisotopic (exact) mass is 258 g/mol. The Hall–Kier alpha value is -0.160. The molecule has 0 spiro atoms. The summed E-state index contributed by atoms with van der Waals surface area (Å²) in [5.41, 5.74) is -0.235. The van der Waals surface area contributed by atoms with Crippen LogP contribution in [0.4, 0.5) is 0 Å². The van der Waals surface area contributed by atoms with Crippen LogP contribution >= 0.6 is 0 Å². The third-order valence-electron chi connectivity index (χ3n) is 3.95. The highest BCUT2D eigenvalue weighted by molar-refractivity contribution is 4.91. The molecule has 2 atom stereocenters.